The van der Waals surface area contributed by atoms with E-state index < -0.39 is 0 Å². The summed E-state index contributed by atoms with van der Waals surface area (Å²) in [5, 5.41) is 0. The number of unbranched alkanes of at least 4 members (excludes halogenated alkanes) is 2. The van der Waals surface area contributed by atoms with Crippen LogP contribution in [0.1, 0.15) is 61.8 Å². The highest BCUT2D eigenvalue weighted by Gasteiger charge is 2.28. The molecule has 0 unspecified atom stereocenters. The summed E-state index contributed by atoms with van der Waals surface area (Å²) >= 11 is 0. The van der Waals surface area contributed by atoms with E-state index in [1.165, 1.54) is 34.4 Å². The van der Waals surface area contributed by atoms with Crippen molar-refractivity contribution in [1.29, 1.82) is 0 Å². The van der Waals surface area contributed by atoms with E-state index in [2.05, 4.69) is 73.2 Å². The van der Waals surface area contributed by atoms with Crippen LogP contribution in [-0.2, 0) is 37.6 Å². The summed E-state index contributed by atoms with van der Waals surface area (Å²) in [7, 11) is 0. The first-order valence-corrected chi connectivity index (χ1v) is 14.4. The predicted octanol–water partition coefficient (Wildman–Crippen LogP) is 5.34. The van der Waals surface area contributed by atoms with E-state index in [-0.39, 0.29) is 17.4 Å². The molecule has 0 saturated carbocycles. The molecule has 0 amide bonds. The SMILES string of the molecule is C=CC(=O)OCCCCN1COc2ccc(C(C)(C)c3ccc4c(c3)CN(CCCCOC(=O)C=C)CO4)cc2C1. The first-order valence-electron chi connectivity index (χ1n) is 14.4. The highest BCUT2D eigenvalue weighted by Crippen LogP contribution is 2.38. The highest BCUT2D eigenvalue weighted by molar-refractivity contribution is 5.81. The Labute approximate surface area is 243 Å². The van der Waals surface area contributed by atoms with Crippen molar-refractivity contribution in [3.63, 3.8) is 0 Å². The zero-order valence-corrected chi connectivity index (χ0v) is 24.4. The fourth-order valence-corrected chi connectivity index (χ4v) is 5.15. The number of nitrogens with zero attached hydrogens (tertiary/aromatic N) is 2. The van der Waals surface area contributed by atoms with Gasteiger partial charge in [0.05, 0.1) is 13.2 Å². The number of benzene rings is 2. The minimum absolute atomic E-state index is 0.210. The van der Waals surface area contributed by atoms with Gasteiger partial charge in [0.1, 0.15) is 25.0 Å². The monoisotopic (exact) mass is 562 g/mol. The molecule has 2 aliphatic heterocycles. The lowest BCUT2D eigenvalue weighted by atomic mass is 9.77. The van der Waals surface area contributed by atoms with Gasteiger partial charge < -0.3 is 18.9 Å². The summed E-state index contributed by atoms with van der Waals surface area (Å²) in [6.07, 6.45) is 5.84. The van der Waals surface area contributed by atoms with Crippen LogP contribution in [0.25, 0.3) is 0 Å². The molecule has 0 spiro atoms. The second-order valence-corrected chi connectivity index (χ2v) is 11.1. The Bertz CT molecular complexity index is 1150. The Morgan fingerprint density at radius 2 is 1.22 bits per heavy atom. The van der Waals surface area contributed by atoms with Gasteiger partial charge in [-0.3, -0.25) is 9.80 Å². The fraction of sp³-hybridized carbons (Fsp3) is 0.455. The Morgan fingerprint density at radius 1 is 0.780 bits per heavy atom. The van der Waals surface area contributed by atoms with Crippen molar-refractivity contribution in [3.05, 3.63) is 84.0 Å². The molecule has 0 aliphatic carbocycles. The second-order valence-electron chi connectivity index (χ2n) is 11.1. The van der Waals surface area contributed by atoms with Crippen LogP contribution in [0.3, 0.4) is 0 Å². The van der Waals surface area contributed by atoms with Crippen LogP contribution in [0, 0.1) is 0 Å². The Kier molecular flexibility index (Phi) is 10.6. The normalized spacial score (nSPS) is 15.1. The molecule has 0 radical (unpaired) electrons. The van der Waals surface area contributed by atoms with Crippen molar-refractivity contribution < 1.29 is 28.5 Å². The minimum atomic E-state index is -0.375. The van der Waals surface area contributed by atoms with Crippen LogP contribution in [0.15, 0.2) is 61.7 Å². The maximum atomic E-state index is 11.2. The van der Waals surface area contributed by atoms with E-state index in [1.54, 1.807) is 0 Å². The zero-order chi connectivity index (χ0) is 29.2. The van der Waals surface area contributed by atoms with Crippen molar-refractivity contribution in [1.82, 2.24) is 9.80 Å². The quantitative estimate of drug-likeness (QED) is 0.174. The van der Waals surface area contributed by atoms with Gasteiger partial charge in [-0.25, -0.2) is 9.59 Å². The van der Waals surface area contributed by atoms with Gasteiger partial charge in [-0.15, -0.1) is 0 Å². The Balaban J connectivity index is 1.34. The Morgan fingerprint density at radius 3 is 1.63 bits per heavy atom. The molecule has 0 N–H and O–H groups in total. The molecule has 41 heavy (non-hydrogen) atoms. The molecule has 0 bridgehead atoms. The summed E-state index contributed by atoms with van der Waals surface area (Å²) in [4.78, 5) is 27.0. The van der Waals surface area contributed by atoms with Crippen LogP contribution < -0.4 is 9.47 Å². The average molecular weight is 563 g/mol. The van der Waals surface area contributed by atoms with Crippen molar-refractivity contribution in [2.45, 2.75) is 58.0 Å². The number of carbonyl (C=O) groups is 2. The van der Waals surface area contributed by atoms with Gasteiger partial charge in [0.15, 0.2) is 0 Å². The molecule has 220 valence electrons. The number of ether oxygens (including phenoxy) is 4. The summed E-state index contributed by atoms with van der Waals surface area (Å²) in [6, 6.07) is 13.1. The maximum absolute atomic E-state index is 11.2. The Hall–Kier alpha value is -3.62. The lowest BCUT2D eigenvalue weighted by molar-refractivity contribution is -0.138. The van der Waals surface area contributed by atoms with E-state index in [1.807, 2.05) is 0 Å². The molecule has 8 heteroatoms. The van der Waals surface area contributed by atoms with Gasteiger partial charge in [0, 0.05) is 54.9 Å². The highest BCUT2D eigenvalue weighted by atomic mass is 16.5. The van der Waals surface area contributed by atoms with Crippen LogP contribution in [-0.4, -0.2) is 61.5 Å². The van der Waals surface area contributed by atoms with Crippen LogP contribution >= 0.6 is 0 Å². The van der Waals surface area contributed by atoms with Gasteiger partial charge in [-0.2, -0.15) is 0 Å². The van der Waals surface area contributed by atoms with Gasteiger partial charge in [-0.05, 0) is 61.1 Å². The van der Waals surface area contributed by atoms with E-state index >= 15 is 0 Å². The molecular formula is C33H42N2O6. The third-order valence-electron chi connectivity index (χ3n) is 7.72. The number of fused-ring (bicyclic) bond motifs is 2. The molecule has 8 nitrogen and oxygen atoms in total. The maximum Gasteiger partial charge on any atom is 0.330 e. The van der Waals surface area contributed by atoms with E-state index in [0.717, 1.165) is 63.4 Å². The molecule has 0 aromatic heterocycles. The van der Waals surface area contributed by atoms with Gasteiger partial charge >= 0.3 is 11.9 Å². The van der Waals surface area contributed by atoms with Gasteiger partial charge in [-0.1, -0.05) is 39.1 Å². The number of rotatable bonds is 14. The molecular weight excluding hydrogens is 520 g/mol. The van der Waals surface area contributed by atoms with Gasteiger partial charge in [0.2, 0.25) is 0 Å². The average Bonchev–Trinajstić information content (AvgIpc) is 2.99. The number of hydrogen-bond acceptors (Lipinski definition) is 8. The number of hydrogen-bond donors (Lipinski definition) is 0. The molecule has 2 heterocycles. The molecule has 4 rings (SSSR count). The minimum Gasteiger partial charge on any atom is -0.478 e. The summed E-state index contributed by atoms with van der Waals surface area (Å²) in [6.45, 7) is 16.7. The van der Waals surface area contributed by atoms with Crippen molar-refractivity contribution in [2.24, 2.45) is 0 Å². The lowest BCUT2D eigenvalue weighted by Crippen LogP contribution is -2.33. The summed E-state index contributed by atoms with van der Waals surface area (Å²) in [5.41, 5.74) is 4.64. The van der Waals surface area contributed by atoms with Crippen molar-refractivity contribution in [2.75, 3.05) is 39.8 Å². The molecule has 2 aromatic carbocycles. The molecule has 0 atom stereocenters. The summed E-state index contributed by atoms with van der Waals surface area (Å²) in [5.74, 6) is 1.13. The molecule has 2 aliphatic rings. The third-order valence-corrected chi connectivity index (χ3v) is 7.72. The zero-order valence-electron chi connectivity index (χ0n) is 24.4. The standard InChI is InChI=1S/C33H42N2O6/c1-5-31(36)38-17-9-7-15-34-21-25-19-27(11-13-29(25)40-23-34)33(3,4)28-12-14-30-26(20-28)22-35(24-41-30)16-8-10-18-39-32(37)6-2/h5-6,11-14,19-20H,1-2,7-10,15-18,21-24H2,3-4H3. The first-order chi connectivity index (χ1) is 19.8. The largest absolute Gasteiger partial charge is 0.478 e. The number of carbonyl (C=O) groups excluding carboxylic acids is 2. The van der Waals surface area contributed by atoms with Crippen LogP contribution in [0.4, 0.5) is 0 Å². The summed E-state index contributed by atoms with van der Waals surface area (Å²) < 4.78 is 22.2. The second kappa shape index (κ2) is 14.3. The number of esters is 2. The van der Waals surface area contributed by atoms with Crippen molar-refractivity contribution in [3.8, 4) is 11.5 Å². The topological polar surface area (TPSA) is 77.5 Å². The van der Waals surface area contributed by atoms with Crippen LogP contribution in [0.2, 0.25) is 0 Å². The first kappa shape index (κ1) is 30.3. The van der Waals surface area contributed by atoms with E-state index in [4.69, 9.17) is 18.9 Å². The lowest BCUT2D eigenvalue weighted by Gasteiger charge is -2.33. The fourth-order valence-electron chi connectivity index (χ4n) is 5.15. The van der Waals surface area contributed by atoms with E-state index in [0.29, 0.717) is 26.7 Å². The molecule has 0 saturated heterocycles. The third kappa shape index (κ3) is 8.21. The smallest absolute Gasteiger partial charge is 0.330 e. The van der Waals surface area contributed by atoms with Crippen molar-refractivity contribution >= 4 is 11.9 Å². The molecule has 2 aromatic rings. The van der Waals surface area contributed by atoms with Crippen LogP contribution in [0.5, 0.6) is 11.5 Å². The van der Waals surface area contributed by atoms with E-state index in [9.17, 15) is 9.59 Å². The predicted molar refractivity (Wildman–Crippen MR) is 158 cm³/mol. The molecule has 0 fully saturated rings. The van der Waals surface area contributed by atoms with Gasteiger partial charge in [0.25, 0.3) is 0 Å².